The van der Waals surface area contributed by atoms with E-state index in [9.17, 15) is 29.4 Å². The third-order valence-electron chi connectivity index (χ3n) is 7.30. The lowest BCUT2D eigenvalue weighted by Crippen LogP contribution is -2.59. The molecule has 0 aliphatic carbocycles. The molecule has 0 aliphatic rings. The number of phenolic OH excluding ortho intramolecular Hbond substituents is 1. The number of hydrogen-bond acceptors (Lipinski definition) is 7. The van der Waals surface area contributed by atoms with E-state index in [0.717, 1.165) is 16.5 Å². The van der Waals surface area contributed by atoms with Crippen molar-refractivity contribution < 1.29 is 29.4 Å². The average Bonchev–Trinajstić information content (AvgIpc) is 3.66. The highest BCUT2D eigenvalue weighted by Crippen LogP contribution is 2.19. The van der Waals surface area contributed by atoms with E-state index in [1.807, 2.05) is 24.3 Å². The third-order valence-corrected chi connectivity index (χ3v) is 7.30. The number of para-hydroxylation sites is 1. The van der Waals surface area contributed by atoms with Gasteiger partial charge in [-0.25, -0.2) is 9.78 Å². The van der Waals surface area contributed by atoms with Gasteiger partial charge in [-0.15, -0.1) is 0 Å². The van der Waals surface area contributed by atoms with Crippen LogP contribution in [0.5, 0.6) is 5.75 Å². The lowest BCUT2D eigenvalue weighted by Gasteiger charge is -2.27. The molecule has 2 aromatic heterocycles. The molecule has 3 amide bonds. The number of carbonyl (C=O) groups is 4. The molecule has 4 aromatic rings. The molecule has 0 saturated carbocycles. The first kappa shape index (κ1) is 31.8. The van der Waals surface area contributed by atoms with Gasteiger partial charge in [0.1, 0.15) is 23.9 Å². The summed E-state index contributed by atoms with van der Waals surface area (Å²) in [6.45, 7) is 3.42. The van der Waals surface area contributed by atoms with Crippen molar-refractivity contribution in [3.63, 3.8) is 0 Å². The van der Waals surface area contributed by atoms with Crippen LogP contribution in [0.1, 0.15) is 30.7 Å². The van der Waals surface area contributed by atoms with Crippen LogP contribution in [0, 0.1) is 5.92 Å². The molecule has 44 heavy (non-hydrogen) atoms. The molecule has 0 bridgehead atoms. The van der Waals surface area contributed by atoms with Gasteiger partial charge < -0.3 is 41.9 Å². The van der Waals surface area contributed by atoms with E-state index in [-0.39, 0.29) is 25.0 Å². The topological polar surface area (TPSA) is 215 Å². The van der Waals surface area contributed by atoms with Crippen LogP contribution in [0.4, 0.5) is 0 Å². The largest absolute Gasteiger partial charge is 0.508 e. The monoisotopic (exact) mass is 603 g/mol. The summed E-state index contributed by atoms with van der Waals surface area (Å²) in [5.74, 6) is -3.53. The van der Waals surface area contributed by atoms with Crippen molar-refractivity contribution in [1.29, 1.82) is 0 Å². The number of H-pyrrole nitrogens is 2. The molecule has 2 heterocycles. The molecule has 0 fully saturated rings. The normalized spacial score (nSPS) is 14.0. The Morgan fingerprint density at radius 3 is 2.23 bits per heavy atom. The van der Waals surface area contributed by atoms with Crippen molar-refractivity contribution >= 4 is 34.6 Å². The zero-order valence-electron chi connectivity index (χ0n) is 24.4. The lowest BCUT2D eigenvalue weighted by atomic mass is 9.99. The van der Waals surface area contributed by atoms with Crippen molar-refractivity contribution in [1.82, 2.24) is 30.9 Å². The number of aromatic amines is 2. The predicted molar refractivity (Wildman–Crippen MR) is 162 cm³/mol. The number of carbonyl (C=O) groups excluding carboxylic acids is 3. The molecular weight excluding hydrogens is 566 g/mol. The second-order valence-electron chi connectivity index (χ2n) is 11.0. The summed E-state index contributed by atoms with van der Waals surface area (Å²) in [6, 6.07) is 9.31. The average molecular weight is 604 g/mol. The highest BCUT2D eigenvalue weighted by Gasteiger charge is 2.32. The van der Waals surface area contributed by atoms with Crippen LogP contribution in [-0.4, -0.2) is 73.0 Å². The maximum absolute atomic E-state index is 13.6. The van der Waals surface area contributed by atoms with Gasteiger partial charge >= 0.3 is 5.97 Å². The Balaban J connectivity index is 1.48. The second kappa shape index (κ2) is 14.3. The number of rotatable bonds is 14. The number of amides is 3. The Morgan fingerprint density at radius 2 is 1.57 bits per heavy atom. The van der Waals surface area contributed by atoms with Crippen molar-refractivity contribution in [2.24, 2.45) is 11.7 Å². The minimum absolute atomic E-state index is 0.0340. The maximum atomic E-state index is 13.6. The van der Waals surface area contributed by atoms with Crippen LogP contribution in [0.2, 0.25) is 0 Å². The van der Waals surface area contributed by atoms with Gasteiger partial charge in [0, 0.05) is 41.8 Å². The number of aromatic nitrogens is 3. The smallest absolute Gasteiger partial charge is 0.326 e. The number of aromatic hydroxyl groups is 1. The number of carboxylic acid groups (broad SMARTS) is 1. The fourth-order valence-electron chi connectivity index (χ4n) is 4.85. The maximum Gasteiger partial charge on any atom is 0.326 e. The van der Waals surface area contributed by atoms with Crippen LogP contribution in [0.15, 0.2) is 67.3 Å². The van der Waals surface area contributed by atoms with Crippen LogP contribution < -0.4 is 21.7 Å². The van der Waals surface area contributed by atoms with Crippen LogP contribution in [0.25, 0.3) is 10.9 Å². The number of nitrogens with two attached hydrogens (primary N) is 1. The van der Waals surface area contributed by atoms with E-state index in [0.29, 0.717) is 11.3 Å². The molecule has 4 rings (SSSR count). The Kier molecular flexibility index (Phi) is 10.3. The number of hydrogen-bond donors (Lipinski definition) is 8. The van der Waals surface area contributed by atoms with Crippen molar-refractivity contribution in [2.75, 3.05) is 0 Å². The molecule has 4 unspecified atom stereocenters. The molecule has 0 radical (unpaired) electrons. The van der Waals surface area contributed by atoms with E-state index in [1.165, 1.54) is 24.7 Å². The molecule has 232 valence electrons. The summed E-state index contributed by atoms with van der Waals surface area (Å²) in [7, 11) is 0. The highest BCUT2D eigenvalue weighted by molar-refractivity contribution is 5.94. The Labute approximate surface area is 253 Å². The first-order valence-corrected chi connectivity index (χ1v) is 14.2. The van der Waals surface area contributed by atoms with E-state index in [1.54, 1.807) is 32.2 Å². The fraction of sp³-hybridized carbons (Fsp3) is 0.323. The number of fused-ring (bicyclic) bond motifs is 1. The van der Waals surface area contributed by atoms with Gasteiger partial charge in [0.2, 0.25) is 17.7 Å². The summed E-state index contributed by atoms with van der Waals surface area (Å²) in [5, 5.41) is 28.2. The van der Waals surface area contributed by atoms with Gasteiger partial charge in [0.25, 0.3) is 0 Å². The highest BCUT2D eigenvalue weighted by atomic mass is 16.4. The van der Waals surface area contributed by atoms with E-state index < -0.39 is 53.8 Å². The lowest BCUT2D eigenvalue weighted by molar-refractivity contribution is -0.142. The zero-order valence-corrected chi connectivity index (χ0v) is 24.4. The minimum Gasteiger partial charge on any atom is -0.508 e. The summed E-state index contributed by atoms with van der Waals surface area (Å²) in [4.78, 5) is 61.8. The number of imidazole rings is 1. The Hall–Kier alpha value is -5.17. The number of carboxylic acids is 1. The number of nitrogens with one attached hydrogen (secondary N) is 5. The van der Waals surface area contributed by atoms with Gasteiger partial charge in [0.05, 0.1) is 12.4 Å². The standard InChI is InChI=1S/C31H37N7O6/c1-17(2)27(30(42)37-26(31(43)44)13-20-15-33-16-35-20)38-29(41)25(11-18-7-9-21(39)10-8-18)36-28(40)23(32)12-19-14-34-24-6-4-3-5-22(19)24/h3-10,14-17,23,25-27,34,39H,11-13,32H2,1-2H3,(H,33,35)(H,36,40)(H,37,42)(H,38,41)(H,43,44). The minimum atomic E-state index is -1.27. The molecule has 4 atom stereocenters. The fourth-order valence-corrected chi connectivity index (χ4v) is 4.85. The SMILES string of the molecule is CC(C)C(NC(=O)C(Cc1ccc(O)cc1)NC(=O)C(N)Cc1c[nH]c2ccccc12)C(=O)NC(Cc1cnc[nH]1)C(=O)O. The molecule has 13 nitrogen and oxygen atoms in total. The molecule has 0 aliphatic heterocycles. The molecular formula is C31H37N7O6. The zero-order chi connectivity index (χ0) is 31.8. The molecule has 9 N–H and O–H groups in total. The van der Waals surface area contributed by atoms with Gasteiger partial charge in [-0.2, -0.15) is 0 Å². The summed E-state index contributed by atoms with van der Waals surface area (Å²) < 4.78 is 0. The van der Waals surface area contributed by atoms with Gasteiger partial charge in [-0.05, 0) is 41.7 Å². The van der Waals surface area contributed by atoms with Gasteiger partial charge in [-0.1, -0.05) is 44.2 Å². The van der Waals surface area contributed by atoms with Crippen molar-refractivity contribution in [3.8, 4) is 5.75 Å². The quantitative estimate of drug-likeness (QED) is 0.104. The van der Waals surface area contributed by atoms with E-state index in [2.05, 4.69) is 30.9 Å². The number of phenols is 1. The Morgan fingerprint density at radius 1 is 0.864 bits per heavy atom. The first-order valence-electron chi connectivity index (χ1n) is 14.2. The molecule has 0 saturated heterocycles. The Bertz CT molecular complexity index is 1580. The third kappa shape index (κ3) is 8.22. The van der Waals surface area contributed by atoms with Crippen molar-refractivity contribution in [3.05, 3.63) is 84.1 Å². The molecule has 13 heteroatoms. The molecule has 2 aromatic carbocycles. The summed E-state index contributed by atoms with van der Waals surface area (Å²) in [5.41, 5.74) is 9.20. The summed E-state index contributed by atoms with van der Waals surface area (Å²) in [6.07, 6.45) is 4.88. The van der Waals surface area contributed by atoms with Crippen LogP contribution >= 0.6 is 0 Å². The van der Waals surface area contributed by atoms with Gasteiger partial charge in [-0.3, -0.25) is 14.4 Å². The first-order chi connectivity index (χ1) is 21.0. The predicted octanol–water partition coefficient (Wildman–Crippen LogP) is 1.15. The van der Waals surface area contributed by atoms with Gasteiger partial charge in [0.15, 0.2) is 0 Å². The second-order valence-corrected chi connectivity index (χ2v) is 11.0. The van der Waals surface area contributed by atoms with E-state index >= 15 is 0 Å². The van der Waals surface area contributed by atoms with Crippen LogP contribution in [-0.2, 0) is 38.4 Å². The summed E-state index contributed by atoms with van der Waals surface area (Å²) >= 11 is 0. The molecule has 0 spiro atoms. The van der Waals surface area contributed by atoms with Crippen molar-refractivity contribution in [2.45, 2.75) is 57.3 Å². The number of nitrogens with zero attached hydrogens (tertiary/aromatic N) is 1. The number of benzene rings is 2. The number of aliphatic carboxylic acids is 1. The van der Waals surface area contributed by atoms with Crippen LogP contribution in [0.3, 0.4) is 0 Å². The van der Waals surface area contributed by atoms with E-state index in [4.69, 9.17) is 5.73 Å².